The molecule has 136 valence electrons. The topological polar surface area (TPSA) is 133 Å². The van der Waals surface area contributed by atoms with Gasteiger partial charge in [0.25, 0.3) is 11.6 Å². The van der Waals surface area contributed by atoms with Crippen molar-refractivity contribution >= 4 is 23.6 Å². The van der Waals surface area contributed by atoms with Crippen LogP contribution in [0, 0.1) is 10.1 Å². The second-order valence-corrected chi connectivity index (χ2v) is 5.94. The van der Waals surface area contributed by atoms with Crippen LogP contribution < -0.4 is 10.6 Å². The van der Waals surface area contributed by atoms with Crippen LogP contribution in [0.2, 0.25) is 0 Å². The zero-order valence-corrected chi connectivity index (χ0v) is 14.0. The van der Waals surface area contributed by atoms with Crippen LogP contribution in [-0.2, 0) is 16.6 Å². The number of carbonyl (C=O) groups is 3. The van der Waals surface area contributed by atoms with Gasteiger partial charge in [0.05, 0.1) is 11.1 Å². The fourth-order valence-corrected chi connectivity index (χ4v) is 2.63. The molecule has 3 amide bonds. The first-order valence-electron chi connectivity index (χ1n) is 7.91. The van der Waals surface area contributed by atoms with Crippen LogP contribution in [0.25, 0.3) is 0 Å². The zero-order chi connectivity index (χ0) is 18.6. The molecule has 0 aromatic carbocycles. The number of nitro groups is 1. The Kier molecular flexibility index (Phi) is 5.73. The lowest BCUT2D eigenvalue weighted by molar-refractivity contribution is -0.384. The van der Waals surface area contributed by atoms with Crippen molar-refractivity contribution in [2.24, 2.45) is 7.05 Å². The molecule has 1 aromatic rings. The molecule has 1 fully saturated rings. The Bertz CT molecular complexity index is 692. The van der Waals surface area contributed by atoms with E-state index in [0.29, 0.717) is 0 Å². The molecule has 1 unspecified atom stereocenters. The molecule has 1 aliphatic rings. The molecule has 0 spiro atoms. The Balaban J connectivity index is 1.88. The van der Waals surface area contributed by atoms with E-state index in [1.54, 1.807) is 0 Å². The molecule has 0 saturated heterocycles. The first-order chi connectivity index (χ1) is 11.8. The van der Waals surface area contributed by atoms with Crippen molar-refractivity contribution in [3.63, 3.8) is 0 Å². The lowest BCUT2D eigenvalue weighted by Crippen LogP contribution is -2.47. The molecule has 10 nitrogen and oxygen atoms in total. The minimum atomic E-state index is -1.23. The van der Waals surface area contributed by atoms with Crippen molar-refractivity contribution in [2.75, 3.05) is 0 Å². The third-order valence-electron chi connectivity index (χ3n) is 3.99. The summed E-state index contributed by atoms with van der Waals surface area (Å²) in [4.78, 5) is 45.8. The minimum absolute atomic E-state index is 0.0505. The summed E-state index contributed by atoms with van der Waals surface area (Å²) in [6, 6.07) is 0.476. The summed E-state index contributed by atoms with van der Waals surface area (Å²) in [5.41, 5.74) is -0.329. The lowest BCUT2D eigenvalue weighted by Gasteiger charge is -2.15. The summed E-state index contributed by atoms with van der Waals surface area (Å²) in [5.74, 6) is -1.66. The van der Waals surface area contributed by atoms with E-state index in [1.165, 1.54) is 18.5 Å². The Morgan fingerprint density at radius 3 is 2.56 bits per heavy atom. The van der Waals surface area contributed by atoms with Crippen molar-refractivity contribution in [3.05, 3.63) is 28.1 Å². The number of ether oxygens (including phenoxy) is 1. The standard InChI is InChI=1S/C15H20N4O6/c1-9(13(20)17-15(22)16-10-5-3-4-6-10)25-14(21)12-7-11(19(23)24)8-18(12)2/h7-10H,3-6H2,1-2H3,(H2,16,17,20,22). The van der Waals surface area contributed by atoms with E-state index in [1.807, 2.05) is 0 Å². The molecule has 1 heterocycles. The van der Waals surface area contributed by atoms with Crippen LogP contribution in [0.5, 0.6) is 0 Å². The summed E-state index contributed by atoms with van der Waals surface area (Å²) < 4.78 is 6.20. The highest BCUT2D eigenvalue weighted by molar-refractivity contribution is 5.98. The number of amides is 3. The quantitative estimate of drug-likeness (QED) is 0.465. The monoisotopic (exact) mass is 352 g/mol. The Morgan fingerprint density at radius 2 is 2.00 bits per heavy atom. The van der Waals surface area contributed by atoms with Crippen molar-refractivity contribution in [3.8, 4) is 0 Å². The predicted molar refractivity (Wildman–Crippen MR) is 85.9 cm³/mol. The van der Waals surface area contributed by atoms with E-state index in [4.69, 9.17) is 4.74 Å². The van der Waals surface area contributed by atoms with E-state index in [-0.39, 0.29) is 17.4 Å². The van der Waals surface area contributed by atoms with Crippen LogP contribution in [-0.4, -0.2) is 39.5 Å². The third-order valence-corrected chi connectivity index (χ3v) is 3.99. The van der Waals surface area contributed by atoms with E-state index in [9.17, 15) is 24.5 Å². The van der Waals surface area contributed by atoms with Gasteiger partial charge in [-0.2, -0.15) is 0 Å². The fourth-order valence-electron chi connectivity index (χ4n) is 2.63. The third kappa shape index (κ3) is 4.78. The number of hydrogen-bond donors (Lipinski definition) is 2. The predicted octanol–water partition coefficient (Wildman–Crippen LogP) is 1.25. The van der Waals surface area contributed by atoms with Gasteiger partial charge in [0.2, 0.25) is 0 Å². The number of nitrogens with zero attached hydrogens (tertiary/aromatic N) is 2. The molecule has 25 heavy (non-hydrogen) atoms. The van der Waals surface area contributed by atoms with Gasteiger partial charge in [-0.05, 0) is 19.8 Å². The Labute approximate surface area is 143 Å². The van der Waals surface area contributed by atoms with E-state index in [0.717, 1.165) is 37.9 Å². The highest BCUT2D eigenvalue weighted by Gasteiger charge is 2.25. The molecule has 1 aliphatic carbocycles. The van der Waals surface area contributed by atoms with Crippen LogP contribution in [0.3, 0.4) is 0 Å². The van der Waals surface area contributed by atoms with Crippen molar-refractivity contribution in [1.29, 1.82) is 0 Å². The van der Waals surface area contributed by atoms with Gasteiger partial charge < -0.3 is 14.6 Å². The number of hydrogen-bond acceptors (Lipinski definition) is 6. The van der Waals surface area contributed by atoms with Crippen LogP contribution in [0.15, 0.2) is 12.3 Å². The number of nitrogens with one attached hydrogen (secondary N) is 2. The molecular formula is C15H20N4O6. The highest BCUT2D eigenvalue weighted by Crippen LogP contribution is 2.18. The van der Waals surface area contributed by atoms with E-state index < -0.39 is 28.9 Å². The van der Waals surface area contributed by atoms with Gasteiger partial charge in [0, 0.05) is 19.2 Å². The number of rotatable bonds is 5. The largest absolute Gasteiger partial charge is 0.448 e. The maximum Gasteiger partial charge on any atom is 0.355 e. The average Bonchev–Trinajstić information content (AvgIpc) is 3.16. The zero-order valence-electron chi connectivity index (χ0n) is 14.0. The molecule has 2 rings (SSSR count). The molecule has 2 N–H and O–H groups in total. The normalized spacial score (nSPS) is 15.4. The van der Waals surface area contributed by atoms with E-state index >= 15 is 0 Å². The van der Waals surface area contributed by atoms with Crippen molar-refractivity contribution in [2.45, 2.75) is 44.8 Å². The number of aromatic nitrogens is 1. The second-order valence-electron chi connectivity index (χ2n) is 5.94. The summed E-state index contributed by atoms with van der Waals surface area (Å²) >= 11 is 0. The molecule has 1 saturated carbocycles. The van der Waals surface area contributed by atoms with Crippen LogP contribution >= 0.6 is 0 Å². The molecule has 0 aliphatic heterocycles. The summed E-state index contributed by atoms with van der Waals surface area (Å²) in [6.07, 6.45) is 3.76. The summed E-state index contributed by atoms with van der Waals surface area (Å²) in [5, 5.41) is 15.5. The summed E-state index contributed by atoms with van der Waals surface area (Å²) in [7, 11) is 1.45. The molecular weight excluding hydrogens is 332 g/mol. The lowest BCUT2D eigenvalue weighted by atomic mass is 10.2. The minimum Gasteiger partial charge on any atom is -0.448 e. The molecule has 0 radical (unpaired) electrons. The maximum atomic E-state index is 12.0. The van der Waals surface area contributed by atoms with Gasteiger partial charge >= 0.3 is 12.0 Å². The van der Waals surface area contributed by atoms with Crippen LogP contribution in [0.4, 0.5) is 10.5 Å². The number of carbonyl (C=O) groups excluding carboxylic acids is 3. The smallest absolute Gasteiger partial charge is 0.355 e. The molecule has 1 aromatic heterocycles. The number of esters is 1. The summed E-state index contributed by atoms with van der Waals surface area (Å²) in [6.45, 7) is 1.31. The number of urea groups is 1. The maximum absolute atomic E-state index is 12.0. The molecule has 10 heteroatoms. The number of imide groups is 1. The van der Waals surface area contributed by atoms with Gasteiger partial charge in [-0.3, -0.25) is 20.2 Å². The van der Waals surface area contributed by atoms with Gasteiger partial charge in [-0.15, -0.1) is 0 Å². The Morgan fingerprint density at radius 1 is 1.36 bits per heavy atom. The van der Waals surface area contributed by atoms with Crippen molar-refractivity contribution in [1.82, 2.24) is 15.2 Å². The van der Waals surface area contributed by atoms with Crippen molar-refractivity contribution < 1.29 is 24.0 Å². The second kappa shape index (κ2) is 7.77. The number of aryl methyl sites for hydroxylation is 1. The van der Waals surface area contributed by atoms with Gasteiger partial charge in [-0.25, -0.2) is 9.59 Å². The average molecular weight is 352 g/mol. The fraction of sp³-hybridized carbons (Fsp3) is 0.533. The van der Waals surface area contributed by atoms with Crippen LogP contribution in [0.1, 0.15) is 43.1 Å². The highest BCUT2D eigenvalue weighted by atomic mass is 16.6. The van der Waals surface area contributed by atoms with Gasteiger partial charge in [-0.1, -0.05) is 12.8 Å². The van der Waals surface area contributed by atoms with Gasteiger partial charge in [0.1, 0.15) is 5.69 Å². The van der Waals surface area contributed by atoms with Gasteiger partial charge in [0.15, 0.2) is 6.10 Å². The first-order valence-corrected chi connectivity index (χ1v) is 7.91. The SMILES string of the molecule is CC(OC(=O)c1cc([N+](=O)[O-])cn1C)C(=O)NC(=O)NC1CCCC1. The van der Waals surface area contributed by atoms with E-state index in [2.05, 4.69) is 10.6 Å². The first kappa shape index (κ1) is 18.4. The Hall–Kier alpha value is -2.91. The molecule has 0 bridgehead atoms. The molecule has 1 atom stereocenters.